The normalized spacial score (nSPS) is 10.2. The smallest absolute Gasteiger partial charge is 0.307 e. The van der Waals surface area contributed by atoms with Crippen molar-refractivity contribution in [2.45, 2.75) is 33.1 Å². The Bertz CT molecular complexity index is 542. The maximum atomic E-state index is 12.5. The van der Waals surface area contributed by atoms with E-state index in [1.54, 1.807) is 11.8 Å². The van der Waals surface area contributed by atoms with Crippen molar-refractivity contribution in [2.75, 3.05) is 19.7 Å². The Labute approximate surface area is 135 Å². The lowest BCUT2D eigenvalue weighted by Crippen LogP contribution is -2.34. The fourth-order valence-corrected chi connectivity index (χ4v) is 2.03. The second kappa shape index (κ2) is 9.55. The molecule has 126 valence electrons. The van der Waals surface area contributed by atoms with Crippen molar-refractivity contribution >= 4 is 17.6 Å². The second-order valence-corrected chi connectivity index (χ2v) is 5.00. The molecule has 0 spiro atoms. The highest BCUT2D eigenvalue weighted by Crippen LogP contribution is 2.14. The van der Waals surface area contributed by atoms with E-state index in [-0.39, 0.29) is 30.5 Å². The maximum absolute atomic E-state index is 12.5. The average molecular weight is 322 g/mol. The van der Waals surface area contributed by atoms with Gasteiger partial charge in [0.05, 0.1) is 18.0 Å². The summed E-state index contributed by atoms with van der Waals surface area (Å²) >= 11 is 0. The number of carbonyl (C=O) groups excluding carboxylic acids is 2. The minimum atomic E-state index is -0.510. The first-order chi connectivity index (χ1) is 11.0. The number of hydrogen-bond acceptors (Lipinski definition) is 5. The molecular weight excluding hydrogens is 300 g/mol. The van der Waals surface area contributed by atoms with E-state index >= 15 is 0 Å². The van der Waals surface area contributed by atoms with Crippen LogP contribution in [0.1, 0.15) is 43.5 Å². The minimum Gasteiger partial charge on any atom is -0.466 e. The highest BCUT2D eigenvalue weighted by molar-refractivity contribution is 5.94. The van der Waals surface area contributed by atoms with Crippen molar-refractivity contribution in [2.24, 2.45) is 0 Å². The zero-order valence-electron chi connectivity index (χ0n) is 13.5. The van der Waals surface area contributed by atoms with Gasteiger partial charge >= 0.3 is 5.97 Å². The number of hydrogen-bond donors (Lipinski definition) is 0. The van der Waals surface area contributed by atoms with Gasteiger partial charge < -0.3 is 9.64 Å². The molecule has 0 saturated heterocycles. The van der Waals surface area contributed by atoms with Crippen LogP contribution >= 0.6 is 0 Å². The van der Waals surface area contributed by atoms with E-state index in [1.165, 1.54) is 24.3 Å². The van der Waals surface area contributed by atoms with Crippen molar-refractivity contribution in [1.82, 2.24) is 4.90 Å². The first kappa shape index (κ1) is 18.6. The zero-order chi connectivity index (χ0) is 17.2. The molecule has 7 nitrogen and oxygen atoms in total. The summed E-state index contributed by atoms with van der Waals surface area (Å²) in [7, 11) is 0. The van der Waals surface area contributed by atoms with E-state index in [0.29, 0.717) is 18.7 Å². The lowest BCUT2D eigenvalue weighted by molar-refractivity contribution is -0.384. The molecule has 0 N–H and O–H groups in total. The zero-order valence-corrected chi connectivity index (χ0v) is 13.5. The molecule has 23 heavy (non-hydrogen) atoms. The number of amides is 1. The molecule has 0 bridgehead atoms. The van der Waals surface area contributed by atoms with Crippen molar-refractivity contribution in [3.8, 4) is 0 Å². The number of rotatable bonds is 9. The van der Waals surface area contributed by atoms with Gasteiger partial charge in [-0.2, -0.15) is 0 Å². The summed E-state index contributed by atoms with van der Waals surface area (Å²) in [5.74, 6) is -0.580. The van der Waals surface area contributed by atoms with Gasteiger partial charge in [0.2, 0.25) is 0 Å². The van der Waals surface area contributed by atoms with Gasteiger partial charge in [0, 0.05) is 30.8 Å². The molecule has 1 aromatic rings. The molecule has 1 aromatic carbocycles. The molecule has 0 atom stereocenters. The van der Waals surface area contributed by atoms with Crippen LogP contribution in [0.25, 0.3) is 0 Å². The largest absolute Gasteiger partial charge is 0.466 e. The molecule has 0 unspecified atom stereocenters. The minimum absolute atomic E-state index is 0.0619. The van der Waals surface area contributed by atoms with Crippen molar-refractivity contribution in [3.63, 3.8) is 0 Å². The van der Waals surface area contributed by atoms with Gasteiger partial charge in [0.25, 0.3) is 11.6 Å². The van der Waals surface area contributed by atoms with E-state index in [1.807, 2.05) is 6.92 Å². The summed E-state index contributed by atoms with van der Waals surface area (Å²) in [6, 6.07) is 5.47. The van der Waals surface area contributed by atoms with Gasteiger partial charge in [0.15, 0.2) is 0 Å². The van der Waals surface area contributed by atoms with Crippen LogP contribution in [0.5, 0.6) is 0 Å². The fraction of sp³-hybridized carbons (Fsp3) is 0.500. The maximum Gasteiger partial charge on any atom is 0.307 e. The standard InChI is InChI=1S/C16H22N2O5/c1-3-5-11-17(12-10-15(19)23-4-2)16(20)13-6-8-14(9-7-13)18(21)22/h6-9H,3-5,10-12H2,1-2H3. The Morgan fingerprint density at radius 2 is 1.83 bits per heavy atom. The fourth-order valence-electron chi connectivity index (χ4n) is 2.03. The summed E-state index contributed by atoms with van der Waals surface area (Å²) in [4.78, 5) is 35.7. The van der Waals surface area contributed by atoms with E-state index in [9.17, 15) is 19.7 Å². The average Bonchev–Trinajstić information content (AvgIpc) is 2.54. The predicted octanol–water partition coefficient (Wildman–Crippen LogP) is 2.79. The van der Waals surface area contributed by atoms with E-state index in [0.717, 1.165) is 12.8 Å². The molecule has 0 saturated carbocycles. The lowest BCUT2D eigenvalue weighted by atomic mass is 10.1. The van der Waals surface area contributed by atoms with Crippen molar-refractivity contribution < 1.29 is 19.2 Å². The second-order valence-electron chi connectivity index (χ2n) is 5.00. The topological polar surface area (TPSA) is 89.8 Å². The van der Waals surface area contributed by atoms with Crippen LogP contribution in [0, 0.1) is 10.1 Å². The summed E-state index contributed by atoms with van der Waals surface area (Å²) < 4.78 is 4.87. The van der Waals surface area contributed by atoms with Gasteiger partial charge in [-0.15, -0.1) is 0 Å². The molecule has 0 radical (unpaired) electrons. The number of esters is 1. The molecule has 0 aromatic heterocycles. The molecule has 7 heteroatoms. The number of nitro groups is 1. The quantitative estimate of drug-likeness (QED) is 0.396. The number of nitrogens with zero attached hydrogens (tertiary/aromatic N) is 2. The van der Waals surface area contributed by atoms with Crippen LogP contribution in [-0.2, 0) is 9.53 Å². The number of ether oxygens (including phenoxy) is 1. The van der Waals surface area contributed by atoms with Crippen molar-refractivity contribution in [3.05, 3.63) is 39.9 Å². The van der Waals surface area contributed by atoms with Gasteiger partial charge in [0.1, 0.15) is 0 Å². The predicted molar refractivity (Wildman–Crippen MR) is 85.2 cm³/mol. The number of non-ortho nitro benzene ring substituents is 1. The number of benzene rings is 1. The Morgan fingerprint density at radius 3 is 2.35 bits per heavy atom. The van der Waals surface area contributed by atoms with E-state index < -0.39 is 4.92 Å². The van der Waals surface area contributed by atoms with Crippen LogP contribution in [0.3, 0.4) is 0 Å². The third kappa shape index (κ3) is 6.06. The number of unbranched alkanes of at least 4 members (excludes halogenated alkanes) is 1. The van der Waals surface area contributed by atoms with Crippen LogP contribution in [0.15, 0.2) is 24.3 Å². The molecule has 0 aliphatic rings. The molecule has 0 aliphatic heterocycles. The molecular formula is C16H22N2O5. The summed E-state index contributed by atoms with van der Waals surface area (Å²) in [5, 5.41) is 10.7. The van der Waals surface area contributed by atoms with Crippen LogP contribution in [0.2, 0.25) is 0 Å². The van der Waals surface area contributed by atoms with Crippen LogP contribution in [-0.4, -0.2) is 41.4 Å². The summed E-state index contributed by atoms with van der Waals surface area (Å²) in [6.07, 6.45) is 1.88. The Morgan fingerprint density at radius 1 is 1.17 bits per heavy atom. The lowest BCUT2D eigenvalue weighted by Gasteiger charge is -2.22. The monoisotopic (exact) mass is 322 g/mol. The molecule has 0 fully saturated rings. The van der Waals surface area contributed by atoms with E-state index in [2.05, 4.69) is 0 Å². The number of carbonyl (C=O) groups is 2. The van der Waals surface area contributed by atoms with Gasteiger partial charge in [-0.3, -0.25) is 19.7 Å². The third-order valence-corrected chi connectivity index (χ3v) is 3.29. The third-order valence-electron chi connectivity index (χ3n) is 3.29. The summed E-state index contributed by atoms with van der Waals surface area (Å²) in [6.45, 7) is 4.86. The summed E-state index contributed by atoms with van der Waals surface area (Å²) in [5.41, 5.74) is 0.309. The van der Waals surface area contributed by atoms with Gasteiger partial charge in [-0.05, 0) is 25.5 Å². The highest BCUT2D eigenvalue weighted by atomic mass is 16.6. The number of nitro benzene ring substituents is 1. The SMILES string of the molecule is CCCCN(CCC(=O)OCC)C(=O)c1ccc([N+](=O)[O-])cc1. The Balaban J connectivity index is 2.77. The molecule has 0 heterocycles. The molecule has 1 rings (SSSR count). The van der Waals surface area contributed by atoms with Gasteiger partial charge in [-0.1, -0.05) is 13.3 Å². The van der Waals surface area contributed by atoms with Crippen LogP contribution < -0.4 is 0 Å². The Hall–Kier alpha value is -2.44. The highest BCUT2D eigenvalue weighted by Gasteiger charge is 2.18. The van der Waals surface area contributed by atoms with Crippen molar-refractivity contribution in [1.29, 1.82) is 0 Å². The first-order valence-electron chi connectivity index (χ1n) is 7.68. The van der Waals surface area contributed by atoms with E-state index in [4.69, 9.17) is 4.74 Å². The first-order valence-corrected chi connectivity index (χ1v) is 7.68. The Kier molecular flexibility index (Phi) is 7.73. The van der Waals surface area contributed by atoms with Crippen LogP contribution in [0.4, 0.5) is 5.69 Å². The molecule has 0 aliphatic carbocycles. The molecule has 1 amide bonds. The van der Waals surface area contributed by atoms with Gasteiger partial charge in [-0.25, -0.2) is 0 Å².